The maximum atomic E-state index is 13.2. The van der Waals surface area contributed by atoms with E-state index in [9.17, 15) is 4.79 Å². The molecule has 0 unspecified atom stereocenters. The van der Waals surface area contributed by atoms with E-state index in [-0.39, 0.29) is 11.5 Å². The summed E-state index contributed by atoms with van der Waals surface area (Å²) in [6, 6.07) is 15.2. The minimum Gasteiger partial charge on any atom is -0.491 e. The van der Waals surface area contributed by atoms with Crippen molar-refractivity contribution in [2.24, 2.45) is 5.92 Å². The maximum Gasteiger partial charge on any atom is 0.278 e. The highest BCUT2D eigenvalue weighted by molar-refractivity contribution is 6.37. The summed E-state index contributed by atoms with van der Waals surface area (Å²) in [4.78, 5) is 13.2. The van der Waals surface area contributed by atoms with E-state index in [2.05, 4.69) is 18.9 Å². The van der Waals surface area contributed by atoms with Gasteiger partial charge in [-0.1, -0.05) is 73.4 Å². The minimum atomic E-state index is -0.263. The first-order valence-corrected chi connectivity index (χ1v) is 9.95. The number of halogens is 2. The highest BCUT2D eigenvalue weighted by Crippen LogP contribution is 2.27. The predicted molar refractivity (Wildman–Crippen MR) is 114 cm³/mol. The van der Waals surface area contributed by atoms with Crippen molar-refractivity contribution in [3.05, 3.63) is 86.3 Å². The van der Waals surface area contributed by atoms with Gasteiger partial charge in [-0.05, 0) is 30.0 Å². The van der Waals surface area contributed by atoms with E-state index in [1.165, 1.54) is 10.2 Å². The quantitative estimate of drug-likeness (QED) is 0.520. The van der Waals surface area contributed by atoms with Crippen LogP contribution < -0.4 is 10.3 Å². The molecule has 0 radical (unpaired) electrons. The minimum absolute atomic E-state index is 0.263. The lowest BCUT2D eigenvalue weighted by atomic mass is 10.0. The van der Waals surface area contributed by atoms with E-state index in [1.54, 1.807) is 24.4 Å². The second-order valence-electron chi connectivity index (χ2n) is 6.96. The summed E-state index contributed by atoms with van der Waals surface area (Å²) in [5.74, 6) is 0.788. The van der Waals surface area contributed by atoms with Crippen LogP contribution in [0.15, 0.2) is 59.5 Å². The zero-order valence-electron chi connectivity index (χ0n) is 15.9. The van der Waals surface area contributed by atoms with Crippen LogP contribution in [0.25, 0.3) is 5.69 Å². The fraction of sp³-hybridized carbons (Fsp3) is 0.273. The van der Waals surface area contributed by atoms with Crippen LogP contribution in [0.5, 0.6) is 5.75 Å². The molecule has 28 heavy (non-hydrogen) atoms. The van der Waals surface area contributed by atoms with Crippen LogP contribution in [0.3, 0.4) is 0 Å². The molecule has 0 saturated carbocycles. The van der Waals surface area contributed by atoms with Gasteiger partial charge in [0.25, 0.3) is 5.56 Å². The number of nitrogens with zero attached hydrogens (tertiary/aromatic N) is 2. The van der Waals surface area contributed by atoms with Crippen LogP contribution >= 0.6 is 23.2 Å². The standard InChI is InChI=1S/C22H22Cl2N2O2/c1-15(2)13-17-20(28-12-11-16-7-4-3-5-8-16)14-25-26(22(17)27)21-18(23)9-6-10-19(21)24/h3-10,14-15H,11-13H2,1-2H3. The third-order valence-corrected chi connectivity index (χ3v) is 4.90. The van der Waals surface area contributed by atoms with Crippen molar-refractivity contribution < 1.29 is 4.74 Å². The van der Waals surface area contributed by atoms with Crippen molar-refractivity contribution in [3.63, 3.8) is 0 Å². The molecule has 0 spiro atoms. The van der Waals surface area contributed by atoms with Crippen LogP contribution in [0.4, 0.5) is 0 Å². The lowest BCUT2D eigenvalue weighted by molar-refractivity contribution is 0.313. The van der Waals surface area contributed by atoms with Crippen molar-refractivity contribution in [2.45, 2.75) is 26.7 Å². The fourth-order valence-electron chi connectivity index (χ4n) is 2.97. The van der Waals surface area contributed by atoms with Crippen molar-refractivity contribution in [2.75, 3.05) is 6.61 Å². The van der Waals surface area contributed by atoms with Crippen molar-refractivity contribution in [1.29, 1.82) is 0 Å². The Balaban J connectivity index is 1.93. The molecule has 0 fully saturated rings. The first kappa shape index (κ1) is 20.4. The molecule has 0 saturated heterocycles. The molecule has 4 nitrogen and oxygen atoms in total. The van der Waals surface area contributed by atoms with E-state index in [0.29, 0.717) is 40.1 Å². The van der Waals surface area contributed by atoms with Crippen LogP contribution in [0, 0.1) is 5.92 Å². The summed E-state index contributed by atoms with van der Waals surface area (Å²) in [5, 5.41) is 5.02. The molecule has 1 heterocycles. The summed E-state index contributed by atoms with van der Waals surface area (Å²) in [6.07, 6.45) is 2.90. The van der Waals surface area contributed by atoms with Gasteiger partial charge >= 0.3 is 0 Å². The molecular formula is C22H22Cl2N2O2. The molecule has 0 aliphatic carbocycles. The molecule has 6 heteroatoms. The van der Waals surface area contributed by atoms with Gasteiger partial charge in [-0.15, -0.1) is 0 Å². The summed E-state index contributed by atoms with van der Waals surface area (Å²) in [6.45, 7) is 4.58. The monoisotopic (exact) mass is 416 g/mol. The molecule has 3 aromatic rings. The van der Waals surface area contributed by atoms with E-state index in [4.69, 9.17) is 27.9 Å². The number of hydrogen-bond acceptors (Lipinski definition) is 3. The number of ether oxygens (including phenoxy) is 1. The second kappa shape index (κ2) is 9.26. The summed E-state index contributed by atoms with van der Waals surface area (Å²) < 4.78 is 7.19. The Kier molecular flexibility index (Phi) is 6.76. The molecule has 0 aliphatic rings. The van der Waals surface area contributed by atoms with E-state index < -0.39 is 0 Å². The summed E-state index contributed by atoms with van der Waals surface area (Å²) in [7, 11) is 0. The smallest absolute Gasteiger partial charge is 0.278 e. The highest BCUT2D eigenvalue weighted by atomic mass is 35.5. The summed E-state index contributed by atoms with van der Waals surface area (Å²) >= 11 is 12.5. The topological polar surface area (TPSA) is 44.1 Å². The van der Waals surface area contributed by atoms with E-state index in [0.717, 1.165) is 6.42 Å². The predicted octanol–water partition coefficient (Wildman–Crippen LogP) is 5.36. The Labute approximate surface area is 174 Å². The molecule has 0 bridgehead atoms. The number of rotatable bonds is 7. The third kappa shape index (κ3) is 4.75. The van der Waals surface area contributed by atoms with Gasteiger partial charge in [0.2, 0.25) is 0 Å². The largest absolute Gasteiger partial charge is 0.491 e. The second-order valence-corrected chi connectivity index (χ2v) is 7.77. The number of hydrogen-bond donors (Lipinski definition) is 0. The van der Waals surface area contributed by atoms with Gasteiger partial charge < -0.3 is 4.74 Å². The Bertz CT molecular complexity index is 981. The van der Waals surface area contributed by atoms with E-state index >= 15 is 0 Å². The molecule has 0 atom stereocenters. The summed E-state index contributed by atoms with van der Waals surface area (Å²) in [5.41, 5.74) is 1.88. The van der Waals surface area contributed by atoms with Gasteiger partial charge in [-0.3, -0.25) is 4.79 Å². The number of para-hydroxylation sites is 1. The number of benzene rings is 2. The van der Waals surface area contributed by atoms with E-state index in [1.807, 2.05) is 30.3 Å². The van der Waals surface area contributed by atoms with Crippen LogP contribution in [-0.2, 0) is 12.8 Å². The lowest BCUT2D eigenvalue weighted by Gasteiger charge is -2.15. The fourth-order valence-corrected chi connectivity index (χ4v) is 3.53. The average molecular weight is 417 g/mol. The lowest BCUT2D eigenvalue weighted by Crippen LogP contribution is -2.27. The Morgan fingerprint density at radius 3 is 2.36 bits per heavy atom. The molecule has 2 aromatic carbocycles. The van der Waals surface area contributed by atoms with Gasteiger partial charge in [0.1, 0.15) is 11.4 Å². The molecule has 0 amide bonds. The molecule has 1 aromatic heterocycles. The van der Waals surface area contributed by atoms with Crippen LogP contribution in [0.1, 0.15) is 25.0 Å². The first-order chi connectivity index (χ1) is 13.5. The number of aromatic nitrogens is 2. The van der Waals surface area contributed by atoms with Gasteiger partial charge in [0, 0.05) is 6.42 Å². The Morgan fingerprint density at radius 1 is 1.04 bits per heavy atom. The highest BCUT2D eigenvalue weighted by Gasteiger charge is 2.18. The molecule has 3 rings (SSSR count). The third-order valence-electron chi connectivity index (χ3n) is 4.29. The Morgan fingerprint density at radius 2 is 1.71 bits per heavy atom. The molecule has 0 N–H and O–H groups in total. The molecule has 146 valence electrons. The van der Waals surface area contributed by atoms with Gasteiger partial charge in [0.05, 0.1) is 28.4 Å². The average Bonchev–Trinajstić information content (AvgIpc) is 2.66. The SMILES string of the molecule is CC(C)Cc1c(OCCc2ccccc2)cnn(-c2c(Cl)cccc2Cl)c1=O. The zero-order chi connectivity index (χ0) is 20.1. The Hall–Kier alpha value is -2.30. The maximum absolute atomic E-state index is 13.2. The van der Waals surface area contributed by atoms with Gasteiger partial charge in [0.15, 0.2) is 0 Å². The van der Waals surface area contributed by atoms with Crippen molar-refractivity contribution >= 4 is 23.2 Å². The van der Waals surface area contributed by atoms with Crippen LogP contribution in [0.2, 0.25) is 10.0 Å². The first-order valence-electron chi connectivity index (χ1n) is 9.19. The van der Waals surface area contributed by atoms with Crippen molar-refractivity contribution in [3.8, 4) is 11.4 Å². The zero-order valence-corrected chi connectivity index (χ0v) is 17.4. The van der Waals surface area contributed by atoms with Crippen molar-refractivity contribution in [1.82, 2.24) is 9.78 Å². The van der Waals surface area contributed by atoms with Gasteiger partial charge in [-0.2, -0.15) is 9.78 Å². The normalized spacial score (nSPS) is 11.0. The molecular weight excluding hydrogens is 395 g/mol. The van der Waals surface area contributed by atoms with Gasteiger partial charge in [-0.25, -0.2) is 0 Å². The molecule has 0 aliphatic heterocycles. The van der Waals surface area contributed by atoms with Crippen LogP contribution in [-0.4, -0.2) is 16.4 Å².